The Balaban J connectivity index is 1.38. The number of carbonyl (C=O) groups is 2. The van der Waals surface area contributed by atoms with Gasteiger partial charge in [-0.15, -0.1) is 0 Å². The van der Waals surface area contributed by atoms with E-state index < -0.39 is 5.60 Å². The van der Waals surface area contributed by atoms with Gasteiger partial charge in [0.05, 0.1) is 0 Å². The van der Waals surface area contributed by atoms with Crippen molar-refractivity contribution in [2.24, 2.45) is 0 Å². The maximum absolute atomic E-state index is 12.6. The second-order valence-corrected chi connectivity index (χ2v) is 9.16. The fourth-order valence-electron chi connectivity index (χ4n) is 4.33. The molecule has 0 radical (unpaired) electrons. The van der Waals surface area contributed by atoms with Gasteiger partial charge in [-0.2, -0.15) is 0 Å². The lowest BCUT2D eigenvalue weighted by atomic mass is 9.82. The van der Waals surface area contributed by atoms with Crippen LogP contribution in [-0.4, -0.2) is 45.8 Å². The van der Waals surface area contributed by atoms with Crippen molar-refractivity contribution in [3.63, 3.8) is 0 Å². The lowest BCUT2D eigenvalue weighted by Crippen LogP contribution is -2.59. The zero-order valence-electron chi connectivity index (χ0n) is 16.4. The summed E-state index contributed by atoms with van der Waals surface area (Å²) in [7, 11) is 0. The van der Waals surface area contributed by atoms with Gasteiger partial charge in [-0.1, -0.05) is 5.16 Å². The molecule has 1 saturated carbocycles. The third-order valence-corrected chi connectivity index (χ3v) is 5.65. The Labute approximate surface area is 159 Å². The number of carbonyl (C=O) groups excluding carboxylic acids is 2. The van der Waals surface area contributed by atoms with Gasteiger partial charge in [-0.25, -0.2) is 4.79 Å². The molecule has 2 bridgehead atoms. The molecular formula is C20H29N3O4. The first kappa shape index (κ1) is 18.3. The Morgan fingerprint density at radius 1 is 1.19 bits per heavy atom. The number of aromatic nitrogens is 1. The fraction of sp³-hybridized carbons (Fsp3) is 0.750. The van der Waals surface area contributed by atoms with E-state index in [-0.39, 0.29) is 30.1 Å². The molecule has 7 heteroatoms. The van der Waals surface area contributed by atoms with E-state index in [4.69, 9.17) is 9.26 Å². The molecule has 2 unspecified atom stereocenters. The van der Waals surface area contributed by atoms with E-state index in [0.29, 0.717) is 11.6 Å². The molecule has 3 atom stereocenters. The van der Waals surface area contributed by atoms with Gasteiger partial charge in [-0.3, -0.25) is 4.79 Å². The van der Waals surface area contributed by atoms with Crippen molar-refractivity contribution in [2.45, 2.75) is 95.4 Å². The number of ether oxygens (including phenoxy) is 1. The molecule has 3 fully saturated rings. The lowest BCUT2D eigenvalue weighted by molar-refractivity contribution is -0.0229. The fourth-order valence-corrected chi connectivity index (χ4v) is 4.33. The molecule has 1 aromatic rings. The molecular weight excluding hydrogens is 346 g/mol. The standard InChI is InChI=1S/C20H29N3O4/c1-20(2,3)26-19(25)23-14-5-4-6-15(23)10-13(9-14)21-18(24)16-11-17(27-22-16)12-7-8-12/h11-15H,4-10H2,1-3H3,(H,21,24)/t13?,14-,15?/m0/s1. The molecule has 1 N–H and O–H groups in total. The minimum absolute atomic E-state index is 0.0487. The summed E-state index contributed by atoms with van der Waals surface area (Å²) in [5, 5.41) is 7.03. The Hall–Kier alpha value is -2.05. The monoisotopic (exact) mass is 375 g/mol. The van der Waals surface area contributed by atoms with E-state index in [1.54, 1.807) is 6.07 Å². The van der Waals surface area contributed by atoms with Gasteiger partial charge in [0, 0.05) is 30.1 Å². The number of piperidine rings is 2. The highest BCUT2D eigenvalue weighted by Crippen LogP contribution is 2.40. The molecule has 7 nitrogen and oxygen atoms in total. The average Bonchev–Trinajstić information content (AvgIpc) is 3.29. The van der Waals surface area contributed by atoms with Crippen LogP contribution in [0.4, 0.5) is 4.79 Å². The number of fused-ring (bicyclic) bond motifs is 2. The summed E-state index contributed by atoms with van der Waals surface area (Å²) in [6.07, 6.45) is 6.54. The minimum Gasteiger partial charge on any atom is -0.444 e. The molecule has 1 aliphatic carbocycles. The van der Waals surface area contributed by atoms with Crippen LogP contribution in [-0.2, 0) is 4.74 Å². The minimum atomic E-state index is -0.497. The van der Waals surface area contributed by atoms with Gasteiger partial charge in [0.25, 0.3) is 5.91 Å². The van der Waals surface area contributed by atoms with E-state index >= 15 is 0 Å². The number of hydrogen-bond donors (Lipinski definition) is 1. The van der Waals surface area contributed by atoms with E-state index in [2.05, 4.69) is 10.5 Å². The van der Waals surface area contributed by atoms with Crippen LogP contribution in [0.3, 0.4) is 0 Å². The maximum Gasteiger partial charge on any atom is 0.410 e. The van der Waals surface area contributed by atoms with Gasteiger partial charge < -0.3 is 19.5 Å². The van der Waals surface area contributed by atoms with Crippen molar-refractivity contribution in [1.29, 1.82) is 0 Å². The van der Waals surface area contributed by atoms with E-state index in [0.717, 1.165) is 50.7 Å². The first-order valence-electron chi connectivity index (χ1n) is 10.1. The molecule has 1 aromatic heterocycles. The van der Waals surface area contributed by atoms with Crippen LogP contribution in [0.1, 0.15) is 87.9 Å². The highest BCUT2D eigenvalue weighted by atomic mass is 16.6. The van der Waals surface area contributed by atoms with Crippen molar-refractivity contribution < 1.29 is 18.8 Å². The normalized spacial score (nSPS) is 28.0. The maximum atomic E-state index is 12.6. The van der Waals surface area contributed by atoms with Crippen molar-refractivity contribution in [3.05, 3.63) is 17.5 Å². The molecule has 27 heavy (non-hydrogen) atoms. The van der Waals surface area contributed by atoms with Crippen LogP contribution in [0, 0.1) is 0 Å². The predicted molar refractivity (Wildman–Crippen MR) is 98.5 cm³/mol. The van der Waals surface area contributed by atoms with Crippen LogP contribution in [0.15, 0.2) is 10.6 Å². The number of nitrogens with one attached hydrogen (secondary N) is 1. The second-order valence-electron chi connectivity index (χ2n) is 9.16. The van der Waals surface area contributed by atoms with E-state index in [1.165, 1.54) is 0 Å². The molecule has 0 spiro atoms. The molecule has 2 saturated heterocycles. The Morgan fingerprint density at radius 3 is 2.44 bits per heavy atom. The third-order valence-electron chi connectivity index (χ3n) is 5.65. The van der Waals surface area contributed by atoms with Crippen molar-refractivity contribution in [2.75, 3.05) is 0 Å². The highest BCUT2D eigenvalue weighted by Gasteiger charge is 2.43. The van der Waals surface area contributed by atoms with Gasteiger partial charge >= 0.3 is 6.09 Å². The Morgan fingerprint density at radius 2 is 1.85 bits per heavy atom. The molecule has 2 amide bonds. The number of amides is 2. The largest absolute Gasteiger partial charge is 0.444 e. The smallest absolute Gasteiger partial charge is 0.410 e. The van der Waals surface area contributed by atoms with Crippen LogP contribution < -0.4 is 5.32 Å². The summed E-state index contributed by atoms with van der Waals surface area (Å²) < 4.78 is 10.9. The molecule has 148 valence electrons. The molecule has 4 rings (SSSR count). The summed E-state index contributed by atoms with van der Waals surface area (Å²) in [5.41, 5.74) is -0.139. The first-order chi connectivity index (χ1) is 12.8. The van der Waals surface area contributed by atoms with Crippen molar-refractivity contribution in [3.8, 4) is 0 Å². The number of hydrogen-bond acceptors (Lipinski definition) is 5. The van der Waals surface area contributed by atoms with Gasteiger partial charge in [0.1, 0.15) is 11.4 Å². The summed E-state index contributed by atoms with van der Waals surface area (Å²) in [4.78, 5) is 27.1. The topological polar surface area (TPSA) is 84.7 Å². The zero-order chi connectivity index (χ0) is 19.2. The lowest BCUT2D eigenvalue weighted by Gasteiger charge is -2.48. The average molecular weight is 375 g/mol. The van der Waals surface area contributed by atoms with Crippen LogP contribution in [0.2, 0.25) is 0 Å². The van der Waals surface area contributed by atoms with Crippen LogP contribution >= 0.6 is 0 Å². The quantitative estimate of drug-likeness (QED) is 0.872. The Bertz CT molecular complexity index is 705. The number of nitrogens with zero attached hydrogens (tertiary/aromatic N) is 2. The molecule has 3 aliphatic rings. The van der Waals surface area contributed by atoms with Gasteiger partial charge in [0.2, 0.25) is 0 Å². The van der Waals surface area contributed by atoms with E-state index in [1.807, 2.05) is 25.7 Å². The van der Waals surface area contributed by atoms with Gasteiger partial charge in [-0.05, 0) is 65.7 Å². The highest BCUT2D eigenvalue weighted by molar-refractivity contribution is 5.92. The number of rotatable bonds is 3. The summed E-state index contributed by atoms with van der Waals surface area (Å²) in [6.45, 7) is 5.67. The van der Waals surface area contributed by atoms with Crippen LogP contribution in [0.5, 0.6) is 0 Å². The zero-order valence-corrected chi connectivity index (χ0v) is 16.4. The van der Waals surface area contributed by atoms with Crippen LogP contribution in [0.25, 0.3) is 0 Å². The molecule has 2 aliphatic heterocycles. The molecule has 3 heterocycles. The van der Waals surface area contributed by atoms with E-state index in [9.17, 15) is 9.59 Å². The Kier molecular flexibility index (Phi) is 4.64. The summed E-state index contributed by atoms with van der Waals surface area (Å²) in [6, 6.07) is 2.06. The van der Waals surface area contributed by atoms with Crippen molar-refractivity contribution >= 4 is 12.0 Å². The SMILES string of the molecule is CC(C)(C)OC(=O)N1C2CCC[C@H]1CC(NC(=O)c1cc(C3CC3)on1)C2. The molecule has 0 aromatic carbocycles. The van der Waals surface area contributed by atoms with Crippen molar-refractivity contribution in [1.82, 2.24) is 15.4 Å². The second kappa shape index (κ2) is 6.84. The first-order valence-corrected chi connectivity index (χ1v) is 10.1. The predicted octanol–water partition coefficient (Wildman–Crippen LogP) is 3.60. The summed E-state index contributed by atoms with van der Waals surface area (Å²) >= 11 is 0. The third kappa shape index (κ3) is 4.12. The summed E-state index contributed by atoms with van der Waals surface area (Å²) in [5.74, 6) is 1.08. The van der Waals surface area contributed by atoms with Gasteiger partial charge in [0.15, 0.2) is 5.69 Å².